The largest absolute Gasteiger partial charge is 0.368 e. The Balaban J connectivity index is 2.44. The fraction of sp³-hybridized carbons (Fsp3) is 0.857. The molecule has 4 heteroatoms. The van der Waals surface area contributed by atoms with Gasteiger partial charge in [0.1, 0.15) is 0 Å². The predicted molar refractivity (Wildman–Crippen MR) is 39.3 cm³/mol. The highest BCUT2D eigenvalue weighted by Crippen LogP contribution is 2.15. The van der Waals surface area contributed by atoms with Gasteiger partial charge in [0, 0.05) is 6.54 Å². The summed E-state index contributed by atoms with van der Waals surface area (Å²) in [7, 11) is 0. The molecule has 1 aliphatic heterocycles. The van der Waals surface area contributed by atoms with Crippen LogP contribution >= 0.6 is 0 Å². The maximum Gasteiger partial charge on any atom is 0.234 e. The summed E-state index contributed by atoms with van der Waals surface area (Å²) < 4.78 is 0. The van der Waals surface area contributed by atoms with Gasteiger partial charge in [0.05, 0.1) is 12.6 Å². The molecule has 1 aliphatic rings. The number of rotatable bonds is 3. The molecule has 1 atom stereocenters. The van der Waals surface area contributed by atoms with Crippen LogP contribution in [0.15, 0.2) is 0 Å². The molecule has 11 heavy (non-hydrogen) atoms. The number of nitrogens with zero attached hydrogens (tertiary/aromatic N) is 1. The van der Waals surface area contributed by atoms with Gasteiger partial charge in [-0.2, -0.15) is 0 Å². The van der Waals surface area contributed by atoms with Gasteiger partial charge in [0.15, 0.2) is 0 Å². The quantitative estimate of drug-likeness (QED) is 0.592. The molecule has 0 aromatic carbocycles. The monoisotopic (exact) mass is 157 g/mol. The number of hydrogen-bond donors (Lipinski definition) is 1. The third kappa shape index (κ3) is 1.91. The molecule has 1 amide bonds. The minimum atomic E-state index is -0.295. The molecule has 0 spiro atoms. The van der Waals surface area contributed by atoms with Crippen molar-refractivity contribution in [2.75, 3.05) is 19.7 Å². The fourth-order valence-corrected chi connectivity index (χ4v) is 1.53. The van der Waals surface area contributed by atoms with Gasteiger partial charge < -0.3 is 5.73 Å². The zero-order valence-electron chi connectivity index (χ0n) is 6.45. The van der Waals surface area contributed by atoms with E-state index in [9.17, 15) is 9.90 Å². The highest BCUT2D eigenvalue weighted by Gasteiger charge is 2.27. The highest BCUT2D eigenvalue weighted by atomic mass is 16.3. The third-order valence-electron chi connectivity index (χ3n) is 2.07. The Morgan fingerprint density at radius 1 is 1.64 bits per heavy atom. The van der Waals surface area contributed by atoms with Crippen LogP contribution in [0.5, 0.6) is 0 Å². The smallest absolute Gasteiger partial charge is 0.234 e. The predicted octanol–water partition coefficient (Wildman–Crippen LogP) is -0.633. The van der Waals surface area contributed by atoms with Crippen molar-refractivity contribution in [1.82, 2.24) is 4.90 Å². The molecule has 1 heterocycles. The van der Waals surface area contributed by atoms with Crippen LogP contribution in [-0.2, 0) is 9.90 Å². The lowest BCUT2D eigenvalue weighted by Gasteiger charge is -2.19. The molecule has 0 aromatic rings. The Kier molecular flexibility index (Phi) is 2.84. The van der Waals surface area contributed by atoms with Crippen LogP contribution in [0.2, 0.25) is 0 Å². The van der Waals surface area contributed by atoms with Crippen molar-refractivity contribution in [2.45, 2.75) is 18.9 Å². The van der Waals surface area contributed by atoms with E-state index in [0.717, 1.165) is 19.4 Å². The summed E-state index contributed by atoms with van der Waals surface area (Å²) in [6.07, 6.45) is 1.79. The van der Waals surface area contributed by atoms with E-state index in [1.54, 1.807) is 0 Å². The summed E-state index contributed by atoms with van der Waals surface area (Å²) in [6, 6.07) is -0.177. The van der Waals surface area contributed by atoms with E-state index >= 15 is 0 Å². The van der Waals surface area contributed by atoms with Gasteiger partial charge in [-0.1, -0.05) is 0 Å². The first-order chi connectivity index (χ1) is 5.25. The van der Waals surface area contributed by atoms with Crippen LogP contribution in [0.3, 0.4) is 0 Å². The van der Waals surface area contributed by atoms with Gasteiger partial charge >= 0.3 is 0 Å². The normalized spacial score (nSPS) is 25.7. The van der Waals surface area contributed by atoms with Crippen LogP contribution in [0, 0.1) is 0 Å². The topological polar surface area (TPSA) is 66.2 Å². The fourth-order valence-electron chi connectivity index (χ4n) is 1.53. The van der Waals surface area contributed by atoms with E-state index in [1.165, 1.54) is 0 Å². The Morgan fingerprint density at radius 3 is 2.91 bits per heavy atom. The minimum Gasteiger partial charge on any atom is -0.368 e. The van der Waals surface area contributed by atoms with Crippen molar-refractivity contribution in [3.63, 3.8) is 0 Å². The summed E-state index contributed by atoms with van der Waals surface area (Å²) in [5.74, 6) is -0.295. The summed E-state index contributed by atoms with van der Waals surface area (Å²) in [6.45, 7) is 1.15. The average molecular weight is 157 g/mol. The molecule has 0 aliphatic carbocycles. The van der Waals surface area contributed by atoms with E-state index in [4.69, 9.17) is 5.73 Å². The van der Waals surface area contributed by atoms with E-state index in [2.05, 4.69) is 0 Å². The first-order valence-electron chi connectivity index (χ1n) is 3.87. The molecule has 4 nitrogen and oxygen atoms in total. The second-order valence-electron chi connectivity index (χ2n) is 2.80. The van der Waals surface area contributed by atoms with Crippen molar-refractivity contribution in [2.24, 2.45) is 5.73 Å². The van der Waals surface area contributed by atoms with E-state index in [-0.39, 0.29) is 18.6 Å². The number of primary amides is 1. The molecule has 1 rings (SSSR count). The van der Waals surface area contributed by atoms with Gasteiger partial charge in [-0.3, -0.25) is 9.69 Å². The van der Waals surface area contributed by atoms with Gasteiger partial charge in [0.2, 0.25) is 5.91 Å². The van der Waals surface area contributed by atoms with Crippen molar-refractivity contribution >= 4 is 5.91 Å². The number of hydrogen-bond acceptors (Lipinski definition) is 2. The molecule has 1 radical (unpaired) electrons. The molecule has 2 N–H and O–H groups in total. The van der Waals surface area contributed by atoms with Crippen molar-refractivity contribution in [1.29, 1.82) is 0 Å². The lowest BCUT2D eigenvalue weighted by molar-refractivity contribution is -0.122. The standard InChI is InChI=1S/C7H13N2O2/c8-7(11)6-2-1-3-9(6)4-5-10/h6H,1-5H2,(H2,8,11). The Bertz CT molecular complexity index is 149. The van der Waals surface area contributed by atoms with Crippen LogP contribution in [0.25, 0.3) is 0 Å². The summed E-state index contributed by atoms with van der Waals surface area (Å²) >= 11 is 0. The number of likely N-dealkylation sites (tertiary alicyclic amines) is 1. The molecular weight excluding hydrogens is 144 g/mol. The summed E-state index contributed by atoms with van der Waals surface area (Å²) in [4.78, 5) is 12.6. The maximum absolute atomic E-state index is 10.8. The van der Waals surface area contributed by atoms with Gasteiger partial charge in [-0.15, -0.1) is 0 Å². The van der Waals surface area contributed by atoms with Gasteiger partial charge in [-0.25, -0.2) is 5.11 Å². The van der Waals surface area contributed by atoms with Crippen LogP contribution in [-0.4, -0.2) is 36.5 Å². The lowest BCUT2D eigenvalue weighted by atomic mass is 10.2. The molecule has 0 bridgehead atoms. The molecule has 1 saturated heterocycles. The molecule has 0 saturated carbocycles. The van der Waals surface area contributed by atoms with E-state index in [0.29, 0.717) is 6.54 Å². The van der Waals surface area contributed by atoms with E-state index in [1.807, 2.05) is 4.90 Å². The zero-order chi connectivity index (χ0) is 8.27. The molecule has 1 unspecified atom stereocenters. The SMILES string of the molecule is NC(=O)C1CCCN1CC[O]. The molecule has 1 fully saturated rings. The van der Waals surface area contributed by atoms with Crippen molar-refractivity contribution in [3.05, 3.63) is 0 Å². The average Bonchev–Trinajstić information content (AvgIpc) is 2.36. The zero-order valence-corrected chi connectivity index (χ0v) is 6.45. The van der Waals surface area contributed by atoms with Crippen LogP contribution in [0.4, 0.5) is 0 Å². The Morgan fingerprint density at radius 2 is 2.36 bits per heavy atom. The first-order valence-corrected chi connectivity index (χ1v) is 3.87. The maximum atomic E-state index is 10.8. The Hall–Kier alpha value is -0.610. The van der Waals surface area contributed by atoms with E-state index < -0.39 is 0 Å². The highest BCUT2D eigenvalue weighted by molar-refractivity contribution is 5.80. The second-order valence-corrected chi connectivity index (χ2v) is 2.80. The summed E-state index contributed by atoms with van der Waals surface area (Å²) in [5, 5.41) is 10.3. The van der Waals surface area contributed by atoms with Crippen LogP contribution < -0.4 is 5.73 Å². The Labute approximate surface area is 66.0 Å². The molecular formula is C7H13N2O2. The number of amides is 1. The molecule has 0 aromatic heterocycles. The first kappa shape index (κ1) is 8.49. The van der Waals surface area contributed by atoms with Crippen molar-refractivity contribution in [3.8, 4) is 0 Å². The second kappa shape index (κ2) is 3.69. The number of nitrogens with two attached hydrogens (primary N) is 1. The van der Waals surface area contributed by atoms with Gasteiger partial charge in [0.25, 0.3) is 0 Å². The lowest BCUT2D eigenvalue weighted by Crippen LogP contribution is -2.41. The summed E-state index contributed by atoms with van der Waals surface area (Å²) in [5.41, 5.74) is 5.14. The van der Waals surface area contributed by atoms with Gasteiger partial charge in [-0.05, 0) is 19.4 Å². The number of carbonyl (C=O) groups excluding carboxylic acids is 1. The van der Waals surface area contributed by atoms with Crippen LogP contribution in [0.1, 0.15) is 12.8 Å². The molecule has 63 valence electrons. The van der Waals surface area contributed by atoms with Crippen molar-refractivity contribution < 1.29 is 9.90 Å². The number of carbonyl (C=O) groups is 1. The third-order valence-corrected chi connectivity index (χ3v) is 2.07. The minimum absolute atomic E-state index is 0.149.